The molecule has 1 aliphatic heterocycles. The SMILES string of the molecule is CC1(C)COCC(Cn2cc3c(c(C#N)c2=O)CCC3)O1. The maximum Gasteiger partial charge on any atom is 0.268 e. The van der Waals surface area contributed by atoms with Crippen LogP contribution in [0.2, 0.25) is 0 Å². The number of rotatable bonds is 2. The number of pyridine rings is 1. The molecule has 1 atom stereocenters. The number of hydrogen-bond acceptors (Lipinski definition) is 4. The van der Waals surface area contributed by atoms with E-state index in [0.29, 0.717) is 25.3 Å². The summed E-state index contributed by atoms with van der Waals surface area (Å²) in [4.78, 5) is 12.4. The van der Waals surface area contributed by atoms with Crippen LogP contribution in [-0.2, 0) is 28.9 Å². The average molecular weight is 288 g/mol. The van der Waals surface area contributed by atoms with Crippen LogP contribution >= 0.6 is 0 Å². The largest absolute Gasteiger partial charge is 0.376 e. The van der Waals surface area contributed by atoms with Crippen LogP contribution in [0.1, 0.15) is 37.0 Å². The molecule has 5 nitrogen and oxygen atoms in total. The molecule has 1 aromatic rings. The monoisotopic (exact) mass is 288 g/mol. The maximum atomic E-state index is 12.4. The molecule has 0 spiro atoms. The molecule has 5 heteroatoms. The van der Waals surface area contributed by atoms with Crippen molar-refractivity contribution in [3.63, 3.8) is 0 Å². The van der Waals surface area contributed by atoms with E-state index in [1.165, 1.54) is 0 Å². The summed E-state index contributed by atoms with van der Waals surface area (Å²) in [6, 6.07) is 2.08. The standard InChI is InChI=1S/C16H20N2O3/c1-16(2)10-20-9-12(21-16)8-18-7-11-4-3-5-13(11)14(6-17)15(18)19/h7,12H,3-5,8-10H2,1-2H3. The number of ether oxygens (including phenoxy) is 2. The van der Waals surface area contributed by atoms with Crippen molar-refractivity contribution in [2.24, 2.45) is 0 Å². The van der Waals surface area contributed by atoms with Crippen molar-refractivity contribution in [1.82, 2.24) is 4.57 Å². The Hall–Kier alpha value is -1.64. The van der Waals surface area contributed by atoms with E-state index in [-0.39, 0.29) is 17.3 Å². The summed E-state index contributed by atoms with van der Waals surface area (Å²) in [6.07, 6.45) is 4.54. The number of aryl methyl sites for hydroxylation is 1. The van der Waals surface area contributed by atoms with Gasteiger partial charge in [0.1, 0.15) is 11.6 Å². The molecule has 1 aliphatic carbocycles. The Balaban J connectivity index is 1.90. The van der Waals surface area contributed by atoms with Crippen LogP contribution in [-0.4, -0.2) is 29.5 Å². The third kappa shape index (κ3) is 2.74. The van der Waals surface area contributed by atoms with Gasteiger partial charge in [0.2, 0.25) is 0 Å². The molecule has 0 aromatic carbocycles. The van der Waals surface area contributed by atoms with Gasteiger partial charge in [0, 0.05) is 6.20 Å². The molecule has 112 valence electrons. The summed E-state index contributed by atoms with van der Waals surface area (Å²) in [7, 11) is 0. The first-order chi connectivity index (χ1) is 10.00. The molecule has 3 rings (SSSR count). The van der Waals surface area contributed by atoms with Crippen molar-refractivity contribution < 1.29 is 9.47 Å². The Morgan fingerprint density at radius 3 is 3.00 bits per heavy atom. The quantitative estimate of drug-likeness (QED) is 0.825. The highest BCUT2D eigenvalue weighted by atomic mass is 16.6. The highest BCUT2D eigenvalue weighted by Crippen LogP contribution is 2.24. The lowest BCUT2D eigenvalue weighted by molar-refractivity contribution is -0.185. The fourth-order valence-corrected chi connectivity index (χ4v) is 3.23. The minimum absolute atomic E-state index is 0.155. The third-order valence-electron chi connectivity index (χ3n) is 4.10. The zero-order chi connectivity index (χ0) is 15.0. The number of aromatic nitrogens is 1. The molecule has 1 aromatic heterocycles. The zero-order valence-corrected chi connectivity index (χ0v) is 12.5. The second kappa shape index (κ2) is 5.28. The van der Waals surface area contributed by atoms with Crippen LogP contribution < -0.4 is 5.56 Å². The second-order valence-corrected chi connectivity index (χ2v) is 6.45. The molecular weight excluding hydrogens is 268 g/mol. The molecular formula is C16H20N2O3. The molecule has 0 N–H and O–H groups in total. The van der Waals surface area contributed by atoms with E-state index in [0.717, 1.165) is 30.4 Å². The first kappa shape index (κ1) is 14.3. The molecule has 0 bridgehead atoms. The van der Waals surface area contributed by atoms with Crippen LogP contribution in [0.4, 0.5) is 0 Å². The van der Waals surface area contributed by atoms with Gasteiger partial charge in [-0.05, 0) is 44.2 Å². The zero-order valence-electron chi connectivity index (χ0n) is 12.5. The summed E-state index contributed by atoms with van der Waals surface area (Å²) in [5, 5.41) is 9.28. The van der Waals surface area contributed by atoms with Crippen molar-refractivity contribution in [2.75, 3.05) is 13.2 Å². The van der Waals surface area contributed by atoms with E-state index in [9.17, 15) is 10.1 Å². The Kier molecular flexibility index (Phi) is 3.60. The molecule has 0 radical (unpaired) electrons. The fraction of sp³-hybridized carbons (Fsp3) is 0.625. The van der Waals surface area contributed by atoms with Crippen LogP contribution in [0.3, 0.4) is 0 Å². The second-order valence-electron chi connectivity index (χ2n) is 6.45. The molecule has 2 aliphatic rings. The van der Waals surface area contributed by atoms with Gasteiger partial charge in [0.25, 0.3) is 5.56 Å². The Labute approximate surface area is 124 Å². The molecule has 1 fully saturated rings. The van der Waals surface area contributed by atoms with E-state index in [4.69, 9.17) is 9.47 Å². The normalized spacial score (nSPS) is 23.6. The van der Waals surface area contributed by atoms with Crippen molar-refractivity contribution in [2.45, 2.75) is 51.4 Å². The van der Waals surface area contributed by atoms with Gasteiger partial charge in [-0.25, -0.2) is 0 Å². The summed E-state index contributed by atoms with van der Waals surface area (Å²) in [5.41, 5.74) is 1.84. The van der Waals surface area contributed by atoms with Crippen LogP contribution in [0.5, 0.6) is 0 Å². The van der Waals surface area contributed by atoms with Gasteiger partial charge in [-0.1, -0.05) is 0 Å². The lowest BCUT2D eigenvalue weighted by atomic mass is 10.1. The van der Waals surface area contributed by atoms with Gasteiger partial charge in [-0.3, -0.25) is 4.79 Å². The molecule has 0 saturated carbocycles. The Bertz CT molecular complexity index is 655. The van der Waals surface area contributed by atoms with Gasteiger partial charge in [0.15, 0.2) is 0 Å². The van der Waals surface area contributed by atoms with Crippen molar-refractivity contribution in [3.05, 3.63) is 33.2 Å². The van der Waals surface area contributed by atoms with E-state index in [1.807, 2.05) is 20.0 Å². The summed E-state index contributed by atoms with van der Waals surface area (Å²) in [6.45, 7) is 5.43. The number of fused-ring (bicyclic) bond motifs is 1. The first-order valence-corrected chi connectivity index (χ1v) is 7.41. The summed E-state index contributed by atoms with van der Waals surface area (Å²) < 4.78 is 13.1. The number of hydrogen-bond donors (Lipinski definition) is 0. The van der Waals surface area contributed by atoms with Gasteiger partial charge < -0.3 is 14.0 Å². The van der Waals surface area contributed by atoms with Crippen molar-refractivity contribution in [3.8, 4) is 6.07 Å². The summed E-state index contributed by atoms with van der Waals surface area (Å²) >= 11 is 0. The van der Waals surface area contributed by atoms with Crippen LogP contribution in [0.15, 0.2) is 11.0 Å². The minimum Gasteiger partial charge on any atom is -0.376 e. The Morgan fingerprint density at radius 1 is 1.48 bits per heavy atom. The maximum absolute atomic E-state index is 12.4. The highest BCUT2D eigenvalue weighted by molar-refractivity contribution is 5.43. The lowest BCUT2D eigenvalue weighted by Crippen LogP contribution is -2.46. The highest BCUT2D eigenvalue weighted by Gasteiger charge is 2.30. The van der Waals surface area contributed by atoms with Gasteiger partial charge in [-0.15, -0.1) is 0 Å². The fourth-order valence-electron chi connectivity index (χ4n) is 3.23. The van der Waals surface area contributed by atoms with E-state index >= 15 is 0 Å². The number of nitrogens with zero attached hydrogens (tertiary/aromatic N) is 2. The molecule has 0 amide bonds. The minimum atomic E-state index is -0.332. The first-order valence-electron chi connectivity index (χ1n) is 7.41. The van der Waals surface area contributed by atoms with Crippen molar-refractivity contribution in [1.29, 1.82) is 5.26 Å². The third-order valence-corrected chi connectivity index (χ3v) is 4.10. The smallest absolute Gasteiger partial charge is 0.268 e. The van der Waals surface area contributed by atoms with E-state index < -0.39 is 0 Å². The Morgan fingerprint density at radius 2 is 2.29 bits per heavy atom. The van der Waals surface area contributed by atoms with Crippen molar-refractivity contribution >= 4 is 0 Å². The van der Waals surface area contributed by atoms with Gasteiger partial charge >= 0.3 is 0 Å². The van der Waals surface area contributed by atoms with Gasteiger partial charge in [-0.2, -0.15) is 5.26 Å². The summed E-state index contributed by atoms with van der Waals surface area (Å²) in [5.74, 6) is 0. The number of nitriles is 1. The predicted octanol–water partition coefficient (Wildman–Crippen LogP) is 1.40. The average Bonchev–Trinajstić information content (AvgIpc) is 2.86. The molecule has 21 heavy (non-hydrogen) atoms. The van der Waals surface area contributed by atoms with Crippen LogP contribution in [0.25, 0.3) is 0 Å². The molecule has 2 heterocycles. The van der Waals surface area contributed by atoms with E-state index in [1.54, 1.807) is 4.57 Å². The van der Waals surface area contributed by atoms with Crippen LogP contribution in [0, 0.1) is 11.3 Å². The molecule has 1 unspecified atom stereocenters. The molecule has 1 saturated heterocycles. The topological polar surface area (TPSA) is 64.2 Å². The van der Waals surface area contributed by atoms with Gasteiger partial charge in [0.05, 0.1) is 31.5 Å². The van der Waals surface area contributed by atoms with E-state index in [2.05, 4.69) is 6.07 Å². The lowest BCUT2D eigenvalue weighted by Gasteiger charge is -2.36. The predicted molar refractivity (Wildman–Crippen MR) is 77.2 cm³/mol.